The first-order valence-electron chi connectivity index (χ1n) is 4.64. The third kappa shape index (κ3) is 1.94. The van der Waals surface area contributed by atoms with Crippen molar-refractivity contribution in [2.45, 2.75) is 6.92 Å². The molecular weight excluding hydrogens is 208 g/mol. The van der Waals surface area contributed by atoms with Crippen molar-refractivity contribution in [3.05, 3.63) is 30.0 Å². The van der Waals surface area contributed by atoms with Crippen LogP contribution in [0.4, 0.5) is 5.13 Å². The van der Waals surface area contributed by atoms with E-state index in [4.69, 9.17) is 0 Å². The number of aromatic hydroxyl groups is 1. The number of nitrogens with one attached hydrogen (secondary N) is 1. The van der Waals surface area contributed by atoms with Gasteiger partial charge in [0.05, 0.1) is 4.88 Å². The third-order valence-electron chi connectivity index (χ3n) is 2.21. The Morgan fingerprint density at radius 3 is 2.87 bits per heavy atom. The van der Waals surface area contributed by atoms with Crippen LogP contribution in [-0.2, 0) is 0 Å². The number of hydrogen-bond donors (Lipinski definition) is 2. The monoisotopic (exact) mass is 220 g/mol. The molecule has 0 unspecified atom stereocenters. The highest BCUT2D eigenvalue weighted by Crippen LogP contribution is 2.32. The molecule has 0 amide bonds. The molecule has 1 aromatic carbocycles. The fraction of sp³-hybridized carbons (Fsp3) is 0.182. The number of thiazole rings is 1. The zero-order valence-corrected chi connectivity index (χ0v) is 9.43. The fourth-order valence-corrected chi connectivity index (χ4v) is 2.24. The van der Waals surface area contributed by atoms with Gasteiger partial charge in [0.2, 0.25) is 0 Å². The first kappa shape index (κ1) is 9.98. The second-order valence-corrected chi connectivity index (χ2v) is 4.31. The number of phenolic OH excluding ortho intramolecular Hbond substituents is 1. The van der Waals surface area contributed by atoms with Crippen molar-refractivity contribution >= 4 is 16.5 Å². The molecule has 0 aliphatic heterocycles. The van der Waals surface area contributed by atoms with E-state index in [1.807, 2.05) is 26.2 Å². The molecule has 15 heavy (non-hydrogen) atoms. The van der Waals surface area contributed by atoms with Crippen LogP contribution in [0.2, 0.25) is 0 Å². The van der Waals surface area contributed by atoms with E-state index in [9.17, 15) is 5.11 Å². The molecule has 0 bridgehead atoms. The van der Waals surface area contributed by atoms with Crippen LogP contribution in [0, 0.1) is 6.92 Å². The highest BCUT2D eigenvalue weighted by Gasteiger charge is 2.06. The van der Waals surface area contributed by atoms with E-state index in [-0.39, 0.29) is 5.75 Å². The highest BCUT2D eigenvalue weighted by atomic mass is 32.1. The molecule has 2 rings (SSSR count). The highest BCUT2D eigenvalue weighted by molar-refractivity contribution is 7.18. The number of hydrogen-bond acceptors (Lipinski definition) is 4. The van der Waals surface area contributed by atoms with Crippen molar-refractivity contribution in [2.24, 2.45) is 0 Å². The molecule has 0 aliphatic carbocycles. The Balaban J connectivity index is 2.48. The Morgan fingerprint density at radius 1 is 1.40 bits per heavy atom. The van der Waals surface area contributed by atoms with Gasteiger partial charge in [0.25, 0.3) is 0 Å². The Hall–Kier alpha value is -1.55. The third-order valence-corrected chi connectivity index (χ3v) is 3.25. The Kier molecular flexibility index (Phi) is 2.60. The van der Waals surface area contributed by atoms with Crippen LogP contribution in [0.5, 0.6) is 5.75 Å². The van der Waals surface area contributed by atoms with Gasteiger partial charge in [-0.15, -0.1) is 0 Å². The van der Waals surface area contributed by atoms with Gasteiger partial charge < -0.3 is 10.4 Å². The smallest absolute Gasteiger partial charge is 0.182 e. The summed E-state index contributed by atoms with van der Waals surface area (Å²) in [6.45, 7) is 2.02. The van der Waals surface area contributed by atoms with E-state index >= 15 is 0 Å². The molecule has 1 heterocycles. The molecule has 0 aliphatic rings. The van der Waals surface area contributed by atoms with Crippen molar-refractivity contribution in [2.75, 3.05) is 12.4 Å². The molecule has 0 atom stereocenters. The van der Waals surface area contributed by atoms with Crippen LogP contribution >= 0.6 is 11.3 Å². The van der Waals surface area contributed by atoms with E-state index in [1.165, 1.54) is 0 Å². The number of nitrogens with zero attached hydrogens (tertiary/aromatic N) is 1. The summed E-state index contributed by atoms with van der Waals surface area (Å²) in [5.41, 5.74) is 2.17. The number of rotatable bonds is 2. The summed E-state index contributed by atoms with van der Waals surface area (Å²) < 4.78 is 0. The molecule has 3 nitrogen and oxygen atoms in total. The zero-order valence-electron chi connectivity index (χ0n) is 8.61. The SMILES string of the molecule is CNc1ncc(-c2cc(O)ccc2C)s1. The normalized spacial score (nSPS) is 10.3. The van der Waals surface area contributed by atoms with E-state index < -0.39 is 0 Å². The van der Waals surface area contributed by atoms with Gasteiger partial charge in [0.15, 0.2) is 5.13 Å². The van der Waals surface area contributed by atoms with Gasteiger partial charge in [-0.2, -0.15) is 0 Å². The predicted molar refractivity (Wildman–Crippen MR) is 63.5 cm³/mol. The Labute approximate surface area is 92.4 Å². The van der Waals surface area contributed by atoms with Gasteiger partial charge >= 0.3 is 0 Å². The zero-order chi connectivity index (χ0) is 10.8. The van der Waals surface area contributed by atoms with Gasteiger partial charge in [-0.3, -0.25) is 0 Å². The summed E-state index contributed by atoms with van der Waals surface area (Å²) in [6, 6.07) is 5.37. The number of aryl methyl sites for hydroxylation is 1. The average Bonchev–Trinajstić information content (AvgIpc) is 2.70. The summed E-state index contributed by atoms with van der Waals surface area (Å²) >= 11 is 1.58. The molecule has 0 radical (unpaired) electrons. The summed E-state index contributed by atoms with van der Waals surface area (Å²) in [6.07, 6.45) is 1.82. The standard InChI is InChI=1S/C11H12N2OS/c1-7-3-4-8(14)5-9(7)10-6-13-11(12-2)15-10/h3-6,14H,1-2H3,(H,12,13). The number of anilines is 1. The van der Waals surface area contributed by atoms with Crippen LogP contribution < -0.4 is 5.32 Å². The van der Waals surface area contributed by atoms with Crippen molar-refractivity contribution in [3.8, 4) is 16.2 Å². The molecule has 4 heteroatoms. The van der Waals surface area contributed by atoms with Gasteiger partial charge in [-0.25, -0.2) is 4.98 Å². The topological polar surface area (TPSA) is 45.2 Å². The minimum Gasteiger partial charge on any atom is -0.508 e. The lowest BCUT2D eigenvalue weighted by atomic mass is 10.1. The minimum atomic E-state index is 0.287. The molecule has 1 aromatic heterocycles. The first-order chi connectivity index (χ1) is 7.20. The van der Waals surface area contributed by atoms with Gasteiger partial charge in [0.1, 0.15) is 5.75 Å². The van der Waals surface area contributed by atoms with Crippen molar-refractivity contribution in [3.63, 3.8) is 0 Å². The van der Waals surface area contributed by atoms with E-state index in [0.29, 0.717) is 0 Å². The summed E-state index contributed by atoms with van der Waals surface area (Å²) in [4.78, 5) is 5.27. The number of phenols is 1. The molecule has 0 fully saturated rings. The van der Waals surface area contributed by atoms with Crippen LogP contribution in [0.3, 0.4) is 0 Å². The predicted octanol–water partition coefficient (Wildman–Crippen LogP) is 2.87. The fourth-order valence-electron chi connectivity index (χ4n) is 1.39. The summed E-state index contributed by atoms with van der Waals surface area (Å²) in [7, 11) is 1.85. The van der Waals surface area contributed by atoms with Gasteiger partial charge in [0, 0.05) is 13.2 Å². The maximum Gasteiger partial charge on any atom is 0.182 e. The lowest BCUT2D eigenvalue weighted by Crippen LogP contribution is -1.83. The van der Waals surface area contributed by atoms with Gasteiger partial charge in [-0.1, -0.05) is 17.4 Å². The molecule has 2 N–H and O–H groups in total. The number of aromatic nitrogens is 1. The second kappa shape index (κ2) is 3.90. The van der Waals surface area contributed by atoms with Crippen molar-refractivity contribution < 1.29 is 5.11 Å². The Bertz CT molecular complexity index is 479. The van der Waals surface area contributed by atoms with Gasteiger partial charge in [-0.05, 0) is 30.2 Å². The maximum absolute atomic E-state index is 9.43. The lowest BCUT2D eigenvalue weighted by Gasteiger charge is -2.02. The lowest BCUT2D eigenvalue weighted by molar-refractivity contribution is 0.475. The van der Waals surface area contributed by atoms with Crippen molar-refractivity contribution in [1.82, 2.24) is 4.98 Å². The van der Waals surface area contributed by atoms with Crippen molar-refractivity contribution in [1.29, 1.82) is 0 Å². The maximum atomic E-state index is 9.43. The molecule has 0 spiro atoms. The second-order valence-electron chi connectivity index (χ2n) is 3.28. The molecular formula is C11H12N2OS. The first-order valence-corrected chi connectivity index (χ1v) is 5.46. The number of benzene rings is 1. The molecule has 78 valence electrons. The quantitative estimate of drug-likeness (QED) is 0.818. The summed E-state index contributed by atoms with van der Waals surface area (Å²) in [5, 5.41) is 13.3. The Morgan fingerprint density at radius 2 is 2.20 bits per heavy atom. The minimum absolute atomic E-state index is 0.287. The van der Waals surface area contributed by atoms with Crippen LogP contribution in [-0.4, -0.2) is 17.1 Å². The average molecular weight is 220 g/mol. The van der Waals surface area contributed by atoms with E-state index in [2.05, 4.69) is 10.3 Å². The summed E-state index contributed by atoms with van der Waals surface area (Å²) in [5.74, 6) is 0.287. The molecule has 0 saturated carbocycles. The largest absolute Gasteiger partial charge is 0.508 e. The van der Waals surface area contributed by atoms with Crippen LogP contribution in [0.15, 0.2) is 24.4 Å². The van der Waals surface area contributed by atoms with Crippen LogP contribution in [0.1, 0.15) is 5.56 Å². The van der Waals surface area contributed by atoms with E-state index in [0.717, 1.165) is 21.1 Å². The molecule has 0 saturated heterocycles. The molecule has 2 aromatic rings. The van der Waals surface area contributed by atoms with Crippen LogP contribution in [0.25, 0.3) is 10.4 Å². The van der Waals surface area contributed by atoms with E-state index in [1.54, 1.807) is 23.5 Å².